The molecule has 0 unspecified atom stereocenters. The molecule has 6 heteroatoms. The van der Waals surface area contributed by atoms with Gasteiger partial charge in [0.25, 0.3) is 0 Å². The molecule has 0 atom stereocenters. The van der Waals surface area contributed by atoms with Crippen LogP contribution in [0.25, 0.3) is 0 Å². The summed E-state index contributed by atoms with van der Waals surface area (Å²) in [7, 11) is 0. The molecule has 2 rings (SSSR count). The van der Waals surface area contributed by atoms with Crippen molar-refractivity contribution in [3.63, 3.8) is 0 Å². The minimum absolute atomic E-state index is 0.0694. The van der Waals surface area contributed by atoms with Crippen molar-refractivity contribution in [3.8, 4) is 0 Å². The van der Waals surface area contributed by atoms with Gasteiger partial charge in [0.05, 0.1) is 22.8 Å². The van der Waals surface area contributed by atoms with Gasteiger partial charge in [-0.25, -0.2) is 14.5 Å². The van der Waals surface area contributed by atoms with Crippen molar-refractivity contribution in [2.24, 2.45) is 0 Å². The summed E-state index contributed by atoms with van der Waals surface area (Å²) in [5, 5.41) is 7.53. The SMILES string of the molecule is CCCc1nc(Cn2c(C)nn(C(C)(C)C)c2=O)cs1. The third-order valence-electron chi connectivity index (χ3n) is 3.07. The molecule has 5 nitrogen and oxygen atoms in total. The number of aryl methyl sites for hydroxylation is 2. The number of rotatable bonds is 4. The summed E-state index contributed by atoms with van der Waals surface area (Å²) < 4.78 is 3.23. The van der Waals surface area contributed by atoms with Crippen molar-refractivity contribution in [2.75, 3.05) is 0 Å². The number of thiazole rings is 1. The minimum Gasteiger partial charge on any atom is -0.273 e. The molecule has 0 aliphatic carbocycles. The highest BCUT2D eigenvalue weighted by Crippen LogP contribution is 2.14. The Morgan fingerprint density at radius 3 is 2.60 bits per heavy atom. The van der Waals surface area contributed by atoms with Gasteiger partial charge in [-0.3, -0.25) is 4.57 Å². The zero-order chi connectivity index (χ0) is 14.9. The highest BCUT2D eigenvalue weighted by Gasteiger charge is 2.21. The van der Waals surface area contributed by atoms with Crippen LogP contribution in [0.4, 0.5) is 0 Å². The van der Waals surface area contributed by atoms with Gasteiger partial charge in [0.15, 0.2) is 0 Å². The van der Waals surface area contributed by atoms with Gasteiger partial charge in [0.2, 0.25) is 0 Å². The number of nitrogens with zero attached hydrogens (tertiary/aromatic N) is 4. The van der Waals surface area contributed by atoms with Gasteiger partial charge >= 0.3 is 5.69 Å². The highest BCUT2D eigenvalue weighted by molar-refractivity contribution is 7.09. The van der Waals surface area contributed by atoms with E-state index < -0.39 is 0 Å². The number of hydrogen-bond acceptors (Lipinski definition) is 4. The molecule has 0 bridgehead atoms. The highest BCUT2D eigenvalue weighted by atomic mass is 32.1. The Morgan fingerprint density at radius 2 is 2.05 bits per heavy atom. The van der Waals surface area contributed by atoms with E-state index in [2.05, 4.69) is 17.0 Å². The van der Waals surface area contributed by atoms with Crippen LogP contribution in [-0.4, -0.2) is 19.3 Å². The van der Waals surface area contributed by atoms with Gasteiger partial charge in [-0.2, -0.15) is 5.10 Å². The summed E-state index contributed by atoms with van der Waals surface area (Å²) in [6, 6.07) is 0. The zero-order valence-corrected chi connectivity index (χ0v) is 13.6. The predicted octanol–water partition coefficient (Wildman–Crippen LogP) is 2.57. The molecule has 0 spiro atoms. The fourth-order valence-electron chi connectivity index (χ4n) is 2.03. The maximum atomic E-state index is 12.4. The quantitative estimate of drug-likeness (QED) is 0.871. The van der Waals surface area contributed by atoms with E-state index in [4.69, 9.17) is 0 Å². The molecule has 0 amide bonds. The lowest BCUT2D eigenvalue weighted by molar-refractivity contribution is 0.340. The van der Waals surface area contributed by atoms with Crippen molar-refractivity contribution in [2.45, 2.75) is 59.5 Å². The molecular weight excluding hydrogens is 272 g/mol. The molecule has 2 aromatic heterocycles. The summed E-state index contributed by atoms with van der Waals surface area (Å²) in [5.41, 5.74) is 0.569. The summed E-state index contributed by atoms with van der Waals surface area (Å²) in [6.07, 6.45) is 2.09. The van der Waals surface area contributed by atoms with Gasteiger partial charge in [-0.05, 0) is 40.5 Å². The van der Waals surface area contributed by atoms with Crippen molar-refractivity contribution < 1.29 is 0 Å². The summed E-state index contributed by atoms with van der Waals surface area (Å²) in [5.74, 6) is 0.731. The van der Waals surface area contributed by atoms with E-state index in [1.165, 1.54) is 0 Å². The summed E-state index contributed by atoms with van der Waals surface area (Å²) >= 11 is 1.66. The number of hydrogen-bond donors (Lipinski definition) is 0. The van der Waals surface area contributed by atoms with Crippen LogP contribution in [0.1, 0.15) is 50.6 Å². The molecule has 20 heavy (non-hydrogen) atoms. The fraction of sp³-hybridized carbons (Fsp3) is 0.643. The third kappa shape index (κ3) is 3.00. The zero-order valence-electron chi connectivity index (χ0n) is 12.8. The molecule has 0 fully saturated rings. The van der Waals surface area contributed by atoms with E-state index in [1.807, 2.05) is 33.1 Å². The average molecular weight is 294 g/mol. The topological polar surface area (TPSA) is 52.7 Å². The van der Waals surface area contributed by atoms with E-state index in [0.717, 1.165) is 29.4 Å². The molecule has 0 radical (unpaired) electrons. The molecule has 2 heterocycles. The summed E-state index contributed by atoms with van der Waals surface area (Å²) in [6.45, 7) is 10.4. The Bertz CT molecular complexity index is 645. The van der Waals surface area contributed by atoms with Gasteiger partial charge in [-0.15, -0.1) is 11.3 Å². The first-order chi connectivity index (χ1) is 9.32. The van der Waals surface area contributed by atoms with Crippen molar-refractivity contribution >= 4 is 11.3 Å². The van der Waals surface area contributed by atoms with Crippen molar-refractivity contribution in [3.05, 3.63) is 32.4 Å². The van der Waals surface area contributed by atoms with Crippen LogP contribution in [0.5, 0.6) is 0 Å². The molecule has 0 saturated carbocycles. The van der Waals surface area contributed by atoms with Gasteiger partial charge < -0.3 is 0 Å². The van der Waals surface area contributed by atoms with Crippen molar-refractivity contribution in [1.82, 2.24) is 19.3 Å². The van der Waals surface area contributed by atoms with Crippen LogP contribution in [0.15, 0.2) is 10.2 Å². The lowest BCUT2D eigenvalue weighted by Gasteiger charge is -2.16. The van der Waals surface area contributed by atoms with Crippen molar-refractivity contribution in [1.29, 1.82) is 0 Å². The fourth-order valence-corrected chi connectivity index (χ4v) is 2.92. The predicted molar refractivity (Wildman–Crippen MR) is 81.4 cm³/mol. The number of aromatic nitrogens is 4. The maximum absolute atomic E-state index is 12.4. The van der Waals surface area contributed by atoms with E-state index in [0.29, 0.717) is 6.54 Å². The first-order valence-corrected chi connectivity index (χ1v) is 7.81. The Hall–Kier alpha value is -1.43. The van der Waals surface area contributed by atoms with E-state index in [9.17, 15) is 4.79 Å². The Balaban J connectivity index is 2.29. The second-order valence-electron chi connectivity index (χ2n) is 5.98. The van der Waals surface area contributed by atoms with Gasteiger partial charge in [-0.1, -0.05) is 6.92 Å². The van der Waals surface area contributed by atoms with Gasteiger partial charge in [0.1, 0.15) is 5.82 Å². The van der Waals surface area contributed by atoms with Crippen LogP contribution >= 0.6 is 11.3 Å². The molecule has 110 valence electrons. The summed E-state index contributed by atoms with van der Waals surface area (Å²) in [4.78, 5) is 17.0. The van der Waals surface area contributed by atoms with Gasteiger partial charge in [0, 0.05) is 5.38 Å². The molecule has 2 aromatic rings. The largest absolute Gasteiger partial charge is 0.346 e. The van der Waals surface area contributed by atoms with Crippen LogP contribution in [0.3, 0.4) is 0 Å². The first-order valence-electron chi connectivity index (χ1n) is 6.93. The average Bonchev–Trinajstić information content (AvgIpc) is 2.89. The lowest BCUT2D eigenvalue weighted by Crippen LogP contribution is -2.36. The van der Waals surface area contributed by atoms with Crippen LogP contribution in [-0.2, 0) is 18.5 Å². The second-order valence-corrected chi connectivity index (χ2v) is 6.92. The monoisotopic (exact) mass is 294 g/mol. The van der Waals surface area contributed by atoms with Crippen LogP contribution < -0.4 is 5.69 Å². The molecule has 0 N–H and O–H groups in total. The van der Waals surface area contributed by atoms with Crippen LogP contribution in [0, 0.1) is 6.92 Å². The molecule has 0 saturated heterocycles. The molecule has 0 aromatic carbocycles. The Morgan fingerprint density at radius 1 is 1.35 bits per heavy atom. The maximum Gasteiger partial charge on any atom is 0.346 e. The molecule has 0 aliphatic rings. The minimum atomic E-state index is -0.303. The Labute approximate surface area is 123 Å². The Kier molecular flexibility index (Phi) is 4.13. The van der Waals surface area contributed by atoms with Crippen LogP contribution in [0.2, 0.25) is 0 Å². The molecular formula is C14H22N4OS. The lowest BCUT2D eigenvalue weighted by atomic mass is 10.1. The third-order valence-corrected chi connectivity index (χ3v) is 4.02. The standard InChI is InChI=1S/C14H22N4OS/c1-6-7-12-15-11(9-20-12)8-17-10(2)16-18(13(17)19)14(3,4)5/h9H,6-8H2,1-5H3. The second kappa shape index (κ2) is 5.52. The first kappa shape index (κ1) is 15.0. The van der Waals surface area contributed by atoms with E-state index in [-0.39, 0.29) is 11.2 Å². The smallest absolute Gasteiger partial charge is 0.273 e. The van der Waals surface area contributed by atoms with E-state index >= 15 is 0 Å². The molecule has 0 aliphatic heterocycles. The normalized spacial score (nSPS) is 12.1. The van der Waals surface area contributed by atoms with E-state index in [1.54, 1.807) is 20.6 Å².